The molecule has 0 saturated carbocycles. The van der Waals surface area contributed by atoms with Gasteiger partial charge in [-0.1, -0.05) is 30.3 Å². The average molecular weight is 389 g/mol. The molecule has 0 amide bonds. The number of alkyl halides is 3. The molecule has 0 fully saturated rings. The molecule has 3 aromatic rings. The standard InChI is InChI=1S/C20H18F3N3O2/c1-13(19(27)15-5-3-2-4-6-15)26-18-11-17(24-12-25-18)14-7-9-16(10-8-14)28-20(21,22)23/h2-13,19,27H,1H3,(H,24,25,26)/t13-,19-/m0/s1. The van der Waals surface area contributed by atoms with E-state index >= 15 is 0 Å². The summed E-state index contributed by atoms with van der Waals surface area (Å²) < 4.78 is 40.6. The predicted molar refractivity (Wildman–Crippen MR) is 98.6 cm³/mol. The number of aromatic nitrogens is 2. The number of rotatable bonds is 6. The van der Waals surface area contributed by atoms with E-state index in [4.69, 9.17) is 0 Å². The van der Waals surface area contributed by atoms with Crippen molar-refractivity contribution < 1.29 is 23.0 Å². The average Bonchev–Trinajstić information content (AvgIpc) is 2.67. The number of nitrogens with zero attached hydrogens (tertiary/aromatic N) is 2. The van der Waals surface area contributed by atoms with Crippen LogP contribution >= 0.6 is 0 Å². The summed E-state index contributed by atoms with van der Waals surface area (Å²) >= 11 is 0. The lowest BCUT2D eigenvalue weighted by Gasteiger charge is -2.21. The Balaban J connectivity index is 1.72. The maximum atomic E-state index is 12.3. The molecule has 28 heavy (non-hydrogen) atoms. The molecule has 146 valence electrons. The van der Waals surface area contributed by atoms with Crippen molar-refractivity contribution in [2.75, 3.05) is 5.32 Å². The highest BCUT2D eigenvalue weighted by atomic mass is 19.4. The lowest BCUT2D eigenvalue weighted by atomic mass is 10.0. The summed E-state index contributed by atoms with van der Waals surface area (Å²) in [6.45, 7) is 1.82. The highest BCUT2D eigenvalue weighted by molar-refractivity contribution is 5.63. The minimum atomic E-state index is -4.73. The number of ether oxygens (including phenoxy) is 1. The van der Waals surface area contributed by atoms with Gasteiger partial charge in [0.25, 0.3) is 0 Å². The van der Waals surface area contributed by atoms with Gasteiger partial charge in [0.15, 0.2) is 0 Å². The third kappa shape index (κ3) is 5.20. The third-order valence-corrected chi connectivity index (χ3v) is 4.04. The van der Waals surface area contributed by atoms with Crippen LogP contribution in [0.1, 0.15) is 18.6 Å². The van der Waals surface area contributed by atoms with Gasteiger partial charge in [-0.2, -0.15) is 0 Å². The minimum absolute atomic E-state index is 0.303. The van der Waals surface area contributed by atoms with E-state index < -0.39 is 12.5 Å². The SMILES string of the molecule is C[C@H](Nc1cc(-c2ccc(OC(F)(F)F)cc2)ncn1)[C@H](O)c1ccccc1. The monoisotopic (exact) mass is 389 g/mol. The molecule has 5 nitrogen and oxygen atoms in total. The number of aliphatic hydroxyl groups excluding tert-OH is 1. The van der Waals surface area contributed by atoms with Crippen molar-refractivity contribution in [3.05, 3.63) is 72.6 Å². The van der Waals surface area contributed by atoms with Gasteiger partial charge >= 0.3 is 6.36 Å². The van der Waals surface area contributed by atoms with Crippen LogP contribution in [0.5, 0.6) is 5.75 Å². The molecular weight excluding hydrogens is 371 g/mol. The highest BCUT2D eigenvalue weighted by Crippen LogP contribution is 2.27. The molecular formula is C20H18F3N3O2. The normalized spacial score (nSPS) is 13.6. The van der Waals surface area contributed by atoms with Crippen LogP contribution in [0.15, 0.2) is 67.0 Å². The van der Waals surface area contributed by atoms with Crippen LogP contribution < -0.4 is 10.1 Å². The summed E-state index contributed by atoms with van der Waals surface area (Å²) in [5.74, 6) is 0.186. The van der Waals surface area contributed by atoms with Crippen molar-refractivity contribution in [1.82, 2.24) is 9.97 Å². The molecule has 1 heterocycles. The molecule has 0 aliphatic carbocycles. The predicted octanol–water partition coefficient (Wildman–Crippen LogP) is 4.58. The fourth-order valence-corrected chi connectivity index (χ4v) is 2.67. The summed E-state index contributed by atoms with van der Waals surface area (Å²) in [6, 6.07) is 16.0. The highest BCUT2D eigenvalue weighted by Gasteiger charge is 2.31. The number of hydrogen-bond donors (Lipinski definition) is 2. The van der Waals surface area contributed by atoms with Crippen molar-refractivity contribution in [1.29, 1.82) is 0 Å². The second-order valence-electron chi connectivity index (χ2n) is 6.15. The lowest BCUT2D eigenvalue weighted by molar-refractivity contribution is -0.274. The topological polar surface area (TPSA) is 67.3 Å². The Morgan fingerprint density at radius 1 is 1.00 bits per heavy atom. The molecule has 0 saturated heterocycles. The number of benzene rings is 2. The fraction of sp³-hybridized carbons (Fsp3) is 0.200. The minimum Gasteiger partial charge on any atom is -0.406 e. The van der Waals surface area contributed by atoms with E-state index in [2.05, 4.69) is 20.0 Å². The van der Waals surface area contributed by atoms with E-state index in [0.29, 0.717) is 17.1 Å². The summed E-state index contributed by atoms with van der Waals surface area (Å²) in [7, 11) is 0. The molecule has 0 unspecified atom stereocenters. The maximum absolute atomic E-state index is 12.3. The molecule has 0 aliphatic heterocycles. The summed E-state index contributed by atoms with van der Waals surface area (Å²) in [5.41, 5.74) is 1.91. The van der Waals surface area contributed by atoms with Crippen LogP contribution in [-0.2, 0) is 0 Å². The van der Waals surface area contributed by atoms with Crippen LogP contribution in [0, 0.1) is 0 Å². The Hall–Kier alpha value is -3.13. The molecule has 1 aromatic heterocycles. The third-order valence-electron chi connectivity index (χ3n) is 4.04. The number of aliphatic hydroxyl groups is 1. The van der Waals surface area contributed by atoms with Gasteiger partial charge in [0, 0.05) is 11.6 Å². The van der Waals surface area contributed by atoms with Crippen molar-refractivity contribution in [2.45, 2.75) is 25.4 Å². The van der Waals surface area contributed by atoms with Gasteiger partial charge in [-0.25, -0.2) is 9.97 Å². The van der Waals surface area contributed by atoms with Gasteiger partial charge in [-0.05, 0) is 36.8 Å². The molecule has 8 heteroatoms. The largest absolute Gasteiger partial charge is 0.573 e. The summed E-state index contributed by atoms with van der Waals surface area (Å²) in [4.78, 5) is 8.29. The van der Waals surface area contributed by atoms with E-state index in [-0.39, 0.29) is 11.8 Å². The van der Waals surface area contributed by atoms with E-state index in [1.54, 1.807) is 6.07 Å². The molecule has 0 spiro atoms. The van der Waals surface area contributed by atoms with Crippen molar-refractivity contribution in [3.63, 3.8) is 0 Å². The summed E-state index contributed by atoms with van der Waals surface area (Å²) in [6.07, 6.45) is -4.12. The molecule has 0 radical (unpaired) electrons. The number of nitrogens with one attached hydrogen (secondary N) is 1. The zero-order valence-corrected chi connectivity index (χ0v) is 14.9. The first-order valence-electron chi connectivity index (χ1n) is 8.49. The van der Waals surface area contributed by atoms with E-state index in [0.717, 1.165) is 5.56 Å². The number of hydrogen-bond acceptors (Lipinski definition) is 5. The molecule has 0 bridgehead atoms. The molecule has 3 rings (SSSR count). The second kappa shape index (κ2) is 8.26. The number of anilines is 1. The van der Waals surface area contributed by atoms with E-state index in [9.17, 15) is 18.3 Å². The Labute approximate surface area is 159 Å². The quantitative estimate of drug-likeness (QED) is 0.646. The number of halogens is 3. The van der Waals surface area contributed by atoms with Crippen molar-refractivity contribution in [3.8, 4) is 17.0 Å². The van der Waals surface area contributed by atoms with Crippen LogP contribution in [0.4, 0.5) is 19.0 Å². The zero-order chi connectivity index (χ0) is 20.1. The van der Waals surface area contributed by atoms with E-state index in [1.807, 2.05) is 37.3 Å². The zero-order valence-electron chi connectivity index (χ0n) is 14.9. The van der Waals surface area contributed by atoms with Gasteiger partial charge in [0.2, 0.25) is 0 Å². The Morgan fingerprint density at radius 2 is 1.68 bits per heavy atom. The van der Waals surface area contributed by atoms with Crippen LogP contribution in [0.25, 0.3) is 11.3 Å². The molecule has 2 aromatic carbocycles. The van der Waals surface area contributed by atoms with Gasteiger partial charge < -0.3 is 15.2 Å². The Morgan fingerprint density at radius 3 is 2.32 bits per heavy atom. The first-order chi connectivity index (χ1) is 13.3. The lowest BCUT2D eigenvalue weighted by Crippen LogP contribution is -2.24. The first-order valence-corrected chi connectivity index (χ1v) is 8.49. The van der Waals surface area contributed by atoms with Gasteiger partial charge in [-0.15, -0.1) is 13.2 Å². The molecule has 0 aliphatic rings. The van der Waals surface area contributed by atoms with Gasteiger partial charge in [0.1, 0.15) is 17.9 Å². The molecule has 2 N–H and O–H groups in total. The van der Waals surface area contributed by atoms with Crippen LogP contribution in [0.3, 0.4) is 0 Å². The fourth-order valence-electron chi connectivity index (χ4n) is 2.67. The van der Waals surface area contributed by atoms with Crippen molar-refractivity contribution >= 4 is 5.82 Å². The second-order valence-corrected chi connectivity index (χ2v) is 6.15. The Bertz CT molecular complexity index is 903. The van der Waals surface area contributed by atoms with Crippen LogP contribution in [-0.4, -0.2) is 27.5 Å². The van der Waals surface area contributed by atoms with Gasteiger partial charge in [0.05, 0.1) is 17.8 Å². The first kappa shape index (κ1) is 19.6. The molecule has 2 atom stereocenters. The smallest absolute Gasteiger partial charge is 0.406 e. The van der Waals surface area contributed by atoms with Gasteiger partial charge in [-0.3, -0.25) is 0 Å². The van der Waals surface area contributed by atoms with E-state index in [1.165, 1.54) is 30.6 Å². The van der Waals surface area contributed by atoms with Crippen LogP contribution in [0.2, 0.25) is 0 Å². The van der Waals surface area contributed by atoms with Crippen molar-refractivity contribution in [2.24, 2.45) is 0 Å². The maximum Gasteiger partial charge on any atom is 0.573 e. The summed E-state index contributed by atoms with van der Waals surface area (Å²) in [5, 5.41) is 13.6. The Kier molecular flexibility index (Phi) is 5.79.